The minimum absolute atomic E-state index is 0.372. The van der Waals surface area contributed by atoms with Crippen molar-refractivity contribution in [1.29, 1.82) is 0 Å². The van der Waals surface area contributed by atoms with Gasteiger partial charge in [-0.05, 0) is 19.4 Å². The van der Waals surface area contributed by atoms with Gasteiger partial charge in [-0.1, -0.05) is 30.3 Å². The molecule has 122 valence electrons. The lowest BCUT2D eigenvalue weighted by molar-refractivity contribution is -0.232. The first-order chi connectivity index (χ1) is 10.5. The lowest BCUT2D eigenvalue weighted by Gasteiger charge is -2.28. The summed E-state index contributed by atoms with van der Waals surface area (Å²) in [7, 11) is 0. The van der Waals surface area contributed by atoms with Crippen LogP contribution in [0.25, 0.3) is 0 Å². The quantitative estimate of drug-likeness (QED) is 0.838. The second-order valence-corrected chi connectivity index (χ2v) is 6.08. The molecule has 6 nitrogen and oxygen atoms in total. The topological polar surface area (TPSA) is 77.4 Å². The third-order valence-electron chi connectivity index (χ3n) is 3.88. The van der Waals surface area contributed by atoms with Gasteiger partial charge in [0.25, 0.3) is 0 Å². The summed E-state index contributed by atoms with van der Waals surface area (Å²) in [6, 6.07) is 9.73. The van der Waals surface area contributed by atoms with Gasteiger partial charge in [-0.15, -0.1) is 0 Å². The normalized spacial score (nSPS) is 34.5. The fourth-order valence-corrected chi connectivity index (χ4v) is 2.87. The van der Waals surface area contributed by atoms with Crippen molar-refractivity contribution in [2.75, 3.05) is 6.61 Å². The van der Waals surface area contributed by atoms with E-state index in [4.69, 9.17) is 18.9 Å². The Morgan fingerprint density at radius 2 is 1.95 bits per heavy atom. The molecule has 2 unspecified atom stereocenters. The van der Waals surface area contributed by atoms with Crippen LogP contribution in [0.15, 0.2) is 30.3 Å². The van der Waals surface area contributed by atoms with Crippen LogP contribution in [0, 0.1) is 0 Å². The molecule has 2 saturated heterocycles. The molecule has 2 fully saturated rings. The zero-order chi connectivity index (χ0) is 15.7. The first-order valence-corrected chi connectivity index (χ1v) is 7.46. The van der Waals surface area contributed by atoms with Crippen LogP contribution in [0.4, 0.5) is 0 Å². The van der Waals surface area contributed by atoms with Crippen molar-refractivity contribution in [2.45, 2.75) is 56.9 Å². The second-order valence-electron chi connectivity index (χ2n) is 6.08. The number of fused-ring (bicyclic) bond motifs is 1. The van der Waals surface area contributed by atoms with E-state index in [1.807, 2.05) is 30.3 Å². The molecule has 0 radical (unpaired) electrons. The van der Waals surface area contributed by atoms with E-state index in [9.17, 15) is 10.2 Å². The maximum Gasteiger partial charge on any atom is 0.190 e. The van der Waals surface area contributed by atoms with Crippen molar-refractivity contribution in [3.05, 3.63) is 35.9 Å². The van der Waals surface area contributed by atoms with Crippen LogP contribution in [0.3, 0.4) is 0 Å². The van der Waals surface area contributed by atoms with E-state index in [0.29, 0.717) is 6.61 Å². The SMILES string of the molecule is CC1(C)OC2C(OCc3ccccc3)[C@@H]([C@H](O)CO)O[C@@H]2O1. The highest BCUT2D eigenvalue weighted by atomic mass is 16.8. The van der Waals surface area contributed by atoms with E-state index in [1.165, 1.54) is 0 Å². The predicted octanol–water partition coefficient (Wildman–Crippen LogP) is 0.801. The van der Waals surface area contributed by atoms with Crippen LogP contribution in [-0.2, 0) is 25.6 Å². The number of aliphatic hydroxyl groups excluding tert-OH is 2. The summed E-state index contributed by atoms with van der Waals surface area (Å²) in [5, 5.41) is 19.1. The van der Waals surface area contributed by atoms with Crippen molar-refractivity contribution < 1.29 is 29.2 Å². The molecule has 2 aliphatic rings. The number of rotatable bonds is 5. The fourth-order valence-electron chi connectivity index (χ4n) is 2.87. The molecular weight excluding hydrogens is 288 g/mol. The molecule has 22 heavy (non-hydrogen) atoms. The highest BCUT2D eigenvalue weighted by Crippen LogP contribution is 2.39. The molecule has 2 heterocycles. The van der Waals surface area contributed by atoms with Gasteiger partial charge in [-0.2, -0.15) is 0 Å². The fraction of sp³-hybridized carbons (Fsp3) is 0.625. The Kier molecular flexibility index (Phi) is 4.49. The Bertz CT molecular complexity index is 491. The molecule has 0 aliphatic carbocycles. The molecule has 1 aromatic carbocycles. The van der Waals surface area contributed by atoms with E-state index in [2.05, 4.69) is 0 Å². The molecule has 2 N–H and O–H groups in total. The van der Waals surface area contributed by atoms with Gasteiger partial charge in [0.2, 0.25) is 0 Å². The molecule has 1 aromatic rings. The minimum Gasteiger partial charge on any atom is -0.394 e. The molecule has 5 atom stereocenters. The Morgan fingerprint density at radius 1 is 1.23 bits per heavy atom. The van der Waals surface area contributed by atoms with Gasteiger partial charge in [-0.25, -0.2) is 0 Å². The minimum atomic E-state index is -1.04. The summed E-state index contributed by atoms with van der Waals surface area (Å²) < 4.78 is 23.1. The van der Waals surface area contributed by atoms with E-state index in [-0.39, 0.29) is 0 Å². The molecule has 0 saturated carbocycles. The molecule has 0 amide bonds. The van der Waals surface area contributed by atoms with Gasteiger partial charge in [0.1, 0.15) is 24.4 Å². The first kappa shape index (κ1) is 15.9. The molecule has 3 rings (SSSR count). The van der Waals surface area contributed by atoms with Gasteiger partial charge in [0.15, 0.2) is 12.1 Å². The summed E-state index contributed by atoms with van der Waals surface area (Å²) in [5.74, 6) is -0.751. The Hall–Kier alpha value is -1.02. The maximum absolute atomic E-state index is 9.94. The number of hydrogen-bond acceptors (Lipinski definition) is 6. The van der Waals surface area contributed by atoms with Crippen LogP contribution < -0.4 is 0 Å². The average molecular weight is 310 g/mol. The van der Waals surface area contributed by atoms with E-state index >= 15 is 0 Å². The first-order valence-electron chi connectivity index (χ1n) is 7.46. The van der Waals surface area contributed by atoms with Crippen molar-refractivity contribution >= 4 is 0 Å². The van der Waals surface area contributed by atoms with Crippen LogP contribution in [-0.4, -0.2) is 53.3 Å². The lowest BCUT2D eigenvalue weighted by atomic mass is 10.1. The summed E-state index contributed by atoms with van der Waals surface area (Å²) >= 11 is 0. The number of benzene rings is 1. The second kappa shape index (κ2) is 6.23. The van der Waals surface area contributed by atoms with Crippen LogP contribution in [0.5, 0.6) is 0 Å². The standard InChI is InChI=1S/C16H22O6/c1-16(2)21-14-13(19-9-10-6-4-3-5-7-10)12(11(18)8-17)20-15(14)22-16/h3-7,11-15,17-18H,8-9H2,1-2H3/t11-,12-,13?,14?,15-/m1/s1. The van der Waals surface area contributed by atoms with Crippen LogP contribution >= 0.6 is 0 Å². The summed E-state index contributed by atoms with van der Waals surface area (Å²) in [5.41, 5.74) is 1.02. The molecular formula is C16H22O6. The smallest absolute Gasteiger partial charge is 0.190 e. The molecule has 0 bridgehead atoms. The number of aliphatic hydroxyl groups is 2. The zero-order valence-corrected chi connectivity index (χ0v) is 12.7. The summed E-state index contributed by atoms with van der Waals surface area (Å²) in [6.45, 7) is 3.58. The highest BCUT2D eigenvalue weighted by molar-refractivity contribution is 5.13. The monoisotopic (exact) mass is 310 g/mol. The van der Waals surface area contributed by atoms with E-state index in [0.717, 1.165) is 5.56 Å². The third-order valence-corrected chi connectivity index (χ3v) is 3.88. The summed E-state index contributed by atoms with van der Waals surface area (Å²) in [4.78, 5) is 0. The summed E-state index contributed by atoms with van der Waals surface area (Å²) in [6.07, 6.45) is -3.25. The molecule has 2 aliphatic heterocycles. The van der Waals surface area contributed by atoms with Crippen molar-refractivity contribution in [3.63, 3.8) is 0 Å². The Labute approximate surface area is 129 Å². The van der Waals surface area contributed by atoms with Gasteiger partial charge in [-0.3, -0.25) is 0 Å². The Morgan fingerprint density at radius 3 is 2.64 bits per heavy atom. The molecule has 0 spiro atoms. The van der Waals surface area contributed by atoms with E-state index < -0.39 is 43.1 Å². The van der Waals surface area contributed by atoms with Gasteiger partial charge < -0.3 is 29.2 Å². The maximum atomic E-state index is 9.94. The van der Waals surface area contributed by atoms with Gasteiger partial charge >= 0.3 is 0 Å². The molecule has 6 heteroatoms. The van der Waals surface area contributed by atoms with Crippen LogP contribution in [0.1, 0.15) is 19.4 Å². The van der Waals surface area contributed by atoms with Crippen molar-refractivity contribution in [1.82, 2.24) is 0 Å². The van der Waals surface area contributed by atoms with Gasteiger partial charge in [0, 0.05) is 0 Å². The van der Waals surface area contributed by atoms with Gasteiger partial charge in [0.05, 0.1) is 13.2 Å². The van der Waals surface area contributed by atoms with E-state index in [1.54, 1.807) is 13.8 Å². The predicted molar refractivity (Wildman–Crippen MR) is 76.8 cm³/mol. The number of ether oxygens (including phenoxy) is 4. The zero-order valence-electron chi connectivity index (χ0n) is 12.7. The molecule has 0 aromatic heterocycles. The Balaban J connectivity index is 1.71. The van der Waals surface area contributed by atoms with Crippen LogP contribution in [0.2, 0.25) is 0 Å². The highest BCUT2D eigenvalue weighted by Gasteiger charge is 2.56. The lowest BCUT2D eigenvalue weighted by Crippen LogP contribution is -2.44. The van der Waals surface area contributed by atoms with Crippen molar-refractivity contribution in [3.8, 4) is 0 Å². The average Bonchev–Trinajstić information content (AvgIpc) is 2.97. The number of hydrogen-bond donors (Lipinski definition) is 2. The largest absolute Gasteiger partial charge is 0.394 e. The van der Waals surface area contributed by atoms with Crippen molar-refractivity contribution in [2.24, 2.45) is 0 Å². The third kappa shape index (κ3) is 3.17.